The second kappa shape index (κ2) is 8.87. The second-order valence-corrected chi connectivity index (χ2v) is 10.5. The fraction of sp³-hybridized carbons (Fsp3) is 0.0769. The van der Waals surface area contributed by atoms with E-state index in [-0.39, 0.29) is 6.54 Å². The van der Waals surface area contributed by atoms with Crippen LogP contribution >= 0.6 is 0 Å². The Morgan fingerprint density at radius 3 is 2.59 bits per heavy atom. The number of hydrogen-bond donors (Lipinski definition) is 3. The normalized spacial score (nSPS) is 11.9. The van der Waals surface area contributed by atoms with Crippen molar-refractivity contribution in [2.75, 3.05) is 6.26 Å². The molecule has 5 heterocycles. The molecule has 0 aliphatic carbocycles. The molecule has 0 aliphatic heterocycles. The Kier molecular flexibility index (Phi) is 5.50. The standard InChI is InChI=1S/C26H20FN7O2S/c1-37(35,36)31-13-15-8-17(10-18(27)9-15)19-4-7-29-26-20(19)11-23(32-26)25-21-12-22(16-2-5-28-6-3-16)30-14-24(21)33-34-25/h2-12,14,31H,13H2,1H3,(H,29,32)(H,33,34). The molecule has 0 spiro atoms. The van der Waals surface area contributed by atoms with Gasteiger partial charge in [0.1, 0.15) is 17.2 Å². The maximum atomic E-state index is 14.5. The Hall–Kier alpha value is -4.48. The SMILES string of the molecule is CS(=O)(=O)NCc1cc(F)cc(-c2ccnc3[nH]c(-c4n[nH]c5cnc(-c6ccncc6)cc45)cc23)c1. The Bertz CT molecular complexity index is 1880. The molecule has 5 aromatic heterocycles. The average molecular weight is 514 g/mol. The fourth-order valence-electron chi connectivity index (χ4n) is 4.33. The van der Waals surface area contributed by atoms with Gasteiger partial charge in [0.15, 0.2) is 0 Å². The predicted octanol–water partition coefficient (Wildman–Crippen LogP) is 4.42. The fourth-order valence-corrected chi connectivity index (χ4v) is 4.76. The number of H-pyrrole nitrogens is 2. The smallest absolute Gasteiger partial charge is 0.209 e. The predicted molar refractivity (Wildman–Crippen MR) is 139 cm³/mol. The van der Waals surface area contributed by atoms with Crippen molar-refractivity contribution in [2.45, 2.75) is 6.54 Å². The number of aromatic nitrogens is 6. The molecule has 0 saturated heterocycles. The van der Waals surface area contributed by atoms with E-state index in [1.165, 1.54) is 12.1 Å². The molecule has 11 heteroatoms. The Balaban J connectivity index is 1.44. The van der Waals surface area contributed by atoms with Gasteiger partial charge in [-0.2, -0.15) is 5.10 Å². The summed E-state index contributed by atoms with van der Waals surface area (Å²) >= 11 is 0. The first-order valence-corrected chi connectivity index (χ1v) is 13.2. The van der Waals surface area contributed by atoms with Gasteiger partial charge in [-0.15, -0.1) is 0 Å². The van der Waals surface area contributed by atoms with Crippen LogP contribution < -0.4 is 4.72 Å². The molecule has 6 rings (SSSR count). The minimum Gasteiger partial charge on any atom is -0.338 e. The van der Waals surface area contributed by atoms with Gasteiger partial charge in [0.2, 0.25) is 10.0 Å². The number of pyridine rings is 3. The van der Waals surface area contributed by atoms with E-state index in [0.717, 1.165) is 45.1 Å². The number of nitrogens with zero attached hydrogens (tertiary/aromatic N) is 4. The number of sulfonamides is 1. The van der Waals surface area contributed by atoms with E-state index in [9.17, 15) is 12.8 Å². The van der Waals surface area contributed by atoms with Gasteiger partial charge in [0.05, 0.1) is 29.4 Å². The van der Waals surface area contributed by atoms with Crippen LogP contribution in [0.5, 0.6) is 0 Å². The van der Waals surface area contributed by atoms with Gasteiger partial charge in [0.25, 0.3) is 0 Å². The number of hydrogen-bond acceptors (Lipinski definition) is 6. The van der Waals surface area contributed by atoms with Crippen LogP contribution in [0.3, 0.4) is 0 Å². The molecule has 0 aliphatic rings. The maximum Gasteiger partial charge on any atom is 0.209 e. The summed E-state index contributed by atoms with van der Waals surface area (Å²) in [7, 11) is -3.41. The summed E-state index contributed by atoms with van der Waals surface area (Å²) < 4.78 is 39.9. The van der Waals surface area contributed by atoms with E-state index in [1.807, 2.05) is 24.3 Å². The number of fused-ring (bicyclic) bond motifs is 2. The molecule has 0 amide bonds. The zero-order chi connectivity index (χ0) is 25.6. The van der Waals surface area contributed by atoms with Crippen LogP contribution in [0.25, 0.3) is 55.7 Å². The van der Waals surface area contributed by atoms with Crippen molar-refractivity contribution in [3.63, 3.8) is 0 Å². The first-order chi connectivity index (χ1) is 17.8. The van der Waals surface area contributed by atoms with Crippen LogP contribution in [0.15, 0.2) is 73.3 Å². The minimum atomic E-state index is -3.41. The van der Waals surface area contributed by atoms with Crippen molar-refractivity contribution in [1.29, 1.82) is 0 Å². The number of benzene rings is 1. The summed E-state index contributed by atoms with van der Waals surface area (Å²) in [5.41, 5.74) is 6.46. The number of aromatic amines is 2. The summed E-state index contributed by atoms with van der Waals surface area (Å²) in [6, 6.07) is 14.0. The largest absolute Gasteiger partial charge is 0.338 e. The van der Waals surface area contributed by atoms with Crippen molar-refractivity contribution in [2.24, 2.45) is 0 Å². The molecule has 0 atom stereocenters. The molecule has 9 nitrogen and oxygen atoms in total. The molecule has 0 bridgehead atoms. The van der Waals surface area contributed by atoms with Gasteiger partial charge >= 0.3 is 0 Å². The van der Waals surface area contributed by atoms with E-state index in [0.29, 0.717) is 22.5 Å². The van der Waals surface area contributed by atoms with Gasteiger partial charge in [-0.1, -0.05) is 0 Å². The van der Waals surface area contributed by atoms with E-state index < -0.39 is 15.8 Å². The quantitative estimate of drug-likeness (QED) is 0.302. The second-order valence-electron chi connectivity index (χ2n) is 8.67. The molecular weight excluding hydrogens is 493 g/mol. The third-order valence-electron chi connectivity index (χ3n) is 6.02. The molecule has 6 aromatic rings. The molecule has 0 radical (unpaired) electrons. The highest BCUT2D eigenvalue weighted by atomic mass is 32.2. The van der Waals surface area contributed by atoms with Gasteiger partial charge in [-0.25, -0.2) is 22.5 Å². The molecule has 0 saturated carbocycles. The third kappa shape index (κ3) is 4.57. The highest BCUT2D eigenvalue weighted by Crippen LogP contribution is 2.34. The van der Waals surface area contributed by atoms with Crippen LogP contribution in [-0.2, 0) is 16.6 Å². The molecule has 1 aromatic carbocycles. The van der Waals surface area contributed by atoms with Crippen LogP contribution in [0.1, 0.15) is 5.56 Å². The lowest BCUT2D eigenvalue weighted by atomic mass is 10.0. The molecule has 0 fully saturated rings. The van der Waals surface area contributed by atoms with Crippen molar-refractivity contribution < 1.29 is 12.8 Å². The zero-order valence-corrected chi connectivity index (χ0v) is 20.3. The number of nitrogens with one attached hydrogen (secondary N) is 3. The van der Waals surface area contributed by atoms with Gasteiger partial charge < -0.3 is 4.98 Å². The lowest BCUT2D eigenvalue weighted by molar-refractivity contribution is 0.586. The minimum absolute atomic E-state index is 0.0106. The van der Waals surface area contributed by atoms with Gasteiger partial charge in [-0.05, 0) is 65.2 Å². The van der Waals surface area contributed by atoms with Gasteiger partial charge in [0, 0.05) is 41.5 Å². The van der Waals surface area contributed by atoms with E-state index in [1.54, 1.807) is 36.9 Å². The topological polar surface area (TPSA) is 129 Å². The molecule has 37 heavy (non-hydrogen) atoms. The average Bonchev–Trinajstić information content (AvgIpc) is 3.51. The number of rotatable bonds is 6. The summed E-state index contributed by atoms with van der Waals surface area (Å²) in [6.45, 7) is -0.0106. The van der Waals surface area contributed by atoms with E-state index in [4.69, 9.17) is 0 Å². The molecular formula is C26H20FN7O2S. The van der Waals surface area contributed by atoms with E-state index in [2.05, 4.69) is 34.9 Å². The van der Waals surface area contributed by atoms with Crippen LogP contribution in [0.4, 0.5) is 4.39 Å². The van der Waals surface area contributed by atoms with Crippen molar-refractivity contribution in [3.05, 3.63) is 84.7 Å². The van der Waals surface area contributed by atoms with Crippen LogP contribution in [0, 0.1) is 5.82 Å². The summed E-state index contributed by atoms with van der Waals surface area (Å²) in [6.07, 6.45) is 7.89. The molecule has 184 valence electrons. The Morgan fingerprint density at radius 1 is 0.946 bits per heavy atom. The summed E-state index contributed by atoms with van der Waals surface area (Å²) in [4.78, 5) is 16.4. The third-order valence-corrected chi connectivity index (χ3v) is 6.69. The highest BCUT2D eigenvalue weighted by Gasteiger charge is 2.16. The Labute approximate surface area is 210 Å². The van der Waals surface area contributed by atoms with Crippen molar-refractivity contribution >= 4 is 32.0 Å². The lowest BCUT2D eigenvalue weighted by Crippen LogP contribution is -2.21. The first kappa shape index (κ1) is 23.0. The first-order valence-electron chi connectivity index (χ1n) is 11.3. The highest BCUT2D eigenvalue weighted by molar-refractivity contribution is 7.88. The van der Waals surface area contributed by atoms with Gasteiger partial charge in [-0.3, -0.25) is 15.1 Å². The molecule has 3 N–H and O–H groups in total. The van der Waals surface area contributed by atoms with Crippen molar-refractivity contribution in [1.82, 2.24) is 34.9 Å². The summed E-state index contributed by atoms with van der Waals surface area (Å²) in [5.74, 6) is -0.460. The Morgan fingerprint density at radius 2 is 1.78 bits per heavy atom. The zero-order valence-electron chi connectivity index (χ0n) is 19.5. The summed E-state index contributed by atoms with van der Waals surface area (Å²) in [5, 5.41) is 9.20. The van der Waals surface area contributed by atoms with E-state index >= 15 is 0 Å². The van der Waals surface area contributed by atoms with Crippen molar-refractivity contribution in [3.8, 4) is 33.8 Å². The number of halogens is 1. The maximum absolute atomic E-state index is 14.5. The van der Waals surface area contributed by atoms with Crippen LogP contribution in [-0.4, -0.2) is 44.8 Å². The monoisotopic (exact) mass is 513 g/mol. The molecule has 0 unspecified atom stereocenters. The lowest BCUT2D eigenvalue weighted by Gasteiger charge is -2.08. The van der Waals surface area contributed by atoms with Crippen LogP contribution in [0.2, 0.25) is 0 Å².